The lowest BCUT2D eigenvalue weighted by molar-refractivity contribution is 1.31. The number of rotatable bonds is 3. The first-order valence-corrected chi connectivity index (χ1v) is 17.3. The van der Waals surface area contributed by atoms with Gasteiger partial charge in [-0.15, -0.1) is 11.3 Å². The third-order valence-corrected chi connectivity index (χ3v) is 11.4. The second-order valence-electron chi connectivity index (χ2n) is 12.9. The normalized spacial score (nSPS) is 12.2. The van der Waals surface area contributed by atoms with Crippen LogP contribution >= 0.6 is 11.3 Å². The molecular formula is C46H27NS. The third kappa shape index (κ3) is 3.55. The number of hydrogen-bond acceptors (Lipinski definition) is 2. The minimum absolute atomic E-state index is 1.14. The van der Waals surface area contributed by atoms with Gasteiger partial charge >= 0.3 is 0 Å². The predicted octanol–water partition coefficient (Wildman–Crippen LogP) is 13.9. The van der Waals surface area contributed by atoms with E-state index in [1.54, 1.807) is 0 Å². The molecule has 0 aliphatic heterocycles. The smallest absolute Gasteiger partial charge is 0.0546 e. The van der Waals surface area contributed by atoms with Crippen LogP contribution in [0.25, 0.3) is 84.8 Å². The molecule has 0 fully saturated rings. The topological polar surface area (TPSA) is 3.24 Å². The van der Waals surface area contributed by atoms with Gasteiger partial charge in [-0.3, -0.25) is 0 Å². The summed E-state index contributed by atoms with van der Waals surface area (Å²) < 4.78 is 2.63. The summed E-state index contributed by atoms with van der Waals surface area (Å²) in [5.74, 6) is 0. The molecule has 2 heteroatoms. The molecular weight excluding hydrogens is 599 g/mol. The first kappa shape index (κ1) is 26.1. The summed E-state index contributed by atoms with van der Waals surface area (Å²) in [6.45, 7) is 0. The first-order chi connectivity index (χ1) is 23.8. The monoisotopic (exact) mass is 625 g/mol. The van der Waals surface area contributed by atoms with Crippen molar-refractivity contribution in [3.05, 3.63) is 164 Å². The van der Waals surface area contributed by atoms with Crippen LogP contribution < -0.4 is 4.90 Å². The highest BCUT2D eigenvalue weighted by Gasteiger charge is 2.22. The lowest BCUT2D eigenvalue weighted by Gasteiger charge is -2.28. The van der Waals surface area contributed by atoms with Gasteiger partial charge in [0.25, 0.3) is 0 Å². The Morgan fingerprint density at radius 1 is 0.312 bits per heavy atom. The molecule has 0 aliphatic rings. The van der Waals surface area contributed by atoms with Crippen molar-refractivity contribution in [3.63, 3.8) is 0 Å². The van der Waals surface area contributed by atoms with E-state index < -0.39 is 0 Å². The third-order valence-electron chi connectivity index (χ3n) is 10.3. The van der Waals surface area contributed by atoms with Gasteiger partial charge in [-0.05, 0) is 102 Å². The number of fused-ring (bicyclic) bond motifs is 5. The lowest BCUT2D eigenvalue weighted by Crippen LogP contribution is -2.10. The second-order valence-corrected chi connectivity index (χ2v) is 13.9. The maximum atomic E-state index is 2.47. The van der Waals surface area contributed by atoms with Crippen LogP contribution in [0.4, 0.5) is 17.1 Å². The van der Waals surface area contributed by atoms with Crippen LogP contribution in [0.2, 0.25) is 0 Å². The van der Waals surface area contributed by atoms with E-state index in [2.05, 4.69) is 169 Å². The molecule has 0 unspecified atom stereocenters. The van der Waals surface area contributed by atoms with Crippen LogP contribution in [0.1, 0.15) is 0 Å². The Hall–Kier alpha value is -5.96. The van der Waals surface area contributed by atoms with Crippen molar-refractivity contribution < 1.29 is 0 Å². The van der Waals surface area contributed by atoms with Gasteiger partial charge in [0, 0.05) is 36.9 Å². The molecule has 11 rings (SSSR count). The van der Waals surface area contributed by atoms with Crippen molar-refractivity contribution in [1.29, 1.82) is 0 Å². The Morgan fingerprint density at radius 3 is 1.65 bits per heavy atom. The fourth-order valence-electron chi connectivity index (χ4n) is 8.31. The Bertz CT molecular complexity index is 3060. The average Bonchev–Trinajstić information content (AvgIpc) is 3.53. The van der Waals surface area contributed by atoms with Gasteiger partial charge in [0.1, 0.15) is 0 Å². The highest BCUT2D eigenvalue weighted by atomic mass is 32.1. The standard InChI is InChI=1S/C46H27NS/c1-2-13-29(14-3-1)47(42-24-28-12-4-5-15-31(28)32-16-8-9-19-37(32)42)30-25-41-36-21-10-20-35-33-17-6-7-18-34(33)40(27-39(35)36)38-22-11-23-43-45(38)46(41)44(26-30)48-43/h1-27H. The molecule has 1 heterocycles. The van der Waals surface area contributed by atoms with E-state index in [0.717, 1.165) is 11.4 Å². The summed E-state index contributed by atoms with van der Waals surface area (Å²) in [5.41, 5.74) is 3.49. The van der Waals surface area contributed by atoms with Crippen molar-refractivity contribution in [2.45, 2.75) is 0 Å². The van der Waals surface area contributed by atoms with Crippen molar-refractivity contribution in [1.82, 2.24) is 0 Å². The van der Waals surface area contributed by atoms with E-state index in [4.69, 9.17) is 0 Å². The summed E-state index contributed by atoms with van der Waals surface area (Å²) in [7, 11) is 0. The summed E-state index contributed by atoms with van der Waals surface area (Å²) in [6.07, 6.45) is 0. The Morgan fingerprint density at radius 2 is 0.854 bits per heavy atom. The summed E-state index contributed by atoms with van der Waals surface area (Å²) >= 11 is 1.91. The SMILES string of the molecule is c1ccc(N(c2cc3sc4cccc5c6cc7c(cccc7c(c2)c3c45)c2ccccc26)c2cc3ccccc3c3ccccc23)cc1. The van der Waals surface area contributed by atoms with Crippen molar-refractivity contribution in [3.8, 4) is 0 Å². The minimum Gasteiger partial charge on any atom is -0.310 e. The molecule has 10 aromatic carbocycles. The zero-order valence-electron chi connectivity index (χ0n) is 25.9. The van der Waals surface area contributed by atoms with Gasteiger partial charge in [-0.1, -0.05) is 121 Å². The van der Waals surface area contributed by atoms with E-state index in [0.29, 0.717) is 0 Å². The van der Waals surface area contributed by atoms with Crippen LogP contribution in [0, 0.1) is 0 Å². The summed E-state index contributed by atoms with van der Waals surface area (Å²) in [5, 5.41) is 18.2. The molecule has 11 aromatic rings. The molecule has 1 nitrogen and oxygen atoms in total. The molecule has 0 aliphatic carbocycles. The van der Waals surface area contributed by atoms with Crippen LogP contribution in [0.5, 0.6) is 0 Å². The van der Waals surface area contributed by atoms with E-state index in [9.17, 15) is 0 Å². The van der Waals surface area contributed by atoms with Gasteiger partial charge in [0.05, 0.1) is 5.69 Å². The largest absolute Gasteiger partial charge is 0.310 e. The van der Waals surface area contributed by atoms with E-state index in [1.807, 2.05) is 11.3 Å². The number of thiophene rings is 1. The minimum atomic E-state index is 1.14. The van der Waals surface area contributed by atoms with Gasteiger partial charge < -0.3 is 4.90 Å². The highest BCUT2D eigenvalue weighted by molar-refractivity contribution is 7.26. The molecule has 0 saturated heterocycles. The Balaban J connectivity index is 1.34. The molecule has 0 spiro atoms. The summed E-state index contributed by atoms with van der Waals surface area (Å²) in [4.78, 5) is 2.47. The Labute approximate surface area is 280 Å². The molecule has 1 aromatic heterocycles. The molecule has 222 valence electrons. The van der Waals surface area contributed by atoms with Gasteiger partial charge in [-0.25, -0.2) is 0 Å². The number of anilines is 3. The highest BCUT2D eigenvalue weighted by Crippen LogP contribution is 2.49. The van der Waals surface area contributed by atoms with Gasteiger partial charge in [0.15, 0.2) is 0 Å². The predicted molar refractivity (Wildman–Crippen MR) is 210 cm³/mol. The molecule has 0 radical (unpaired) electrons. The zero-order valence-corrected chi connectivity index (χ0v) is 26.8. The van der Waals surface area contributed by atoms with E-state index in [1.165, 1.54) is 90.5 Å². The number of nitrogens with zero attached hydrogens (tertiary/aromatic N) is 1. The second kappa shape index (κ2) is 9.78. The number of benzene rings is 9. The molecule has 0 N–H and O–H groups in total. The quantitative estimate of drug-likeness (QED) is 0.177. The molecule has 0 amide bonds. The van der Waals surface area contributed by atoms with Crippen molar-refractivity contribution in [2.24, 2.45) is 0 Å². The molecule has 0 atom stereocenters. The fourth-order valence-corrected chi connectivity index (χ4v) is 9.50. The molecule has 4 bridgehead atoms. The van der Waals surface area contributed by atoms with Crippen LogP contribution in [0.15, 0.2) is 164 Å². The molecule has 48 heavy (non-hydrogen) atoms. The van der Waals surface area contributed by atoms with E-state index >= 15 is 0 Å². The number of para-hydroxylation sites is 1. The van der Waals surface area contributed by atoms with E-state index in [-0.39, 0.29) is 0 Å². The molecule has 0 saturated carbocycles. The van der Waals surface area contributed by atoms with Crippen LogP contribution in [0.3, 0.4) is 0 Å². The first-order valence-electron chi connectivity index (χ1n) is 16.5. The number of hydrogen-bond donors (Lipinski definition) is 0. The Kier molecular flexibility index (Phi) is 5.32. The van der Waals surface area contributed by atoms with Gasteiger partial charge in [0.2, 0.25) is 0 Å². The van der Waals surface area contributed by atoms with Crippen LogP contribution in [-0.2, 0) is 0 Å². The van der Waals surface area contributed by atoms with Gasteiger partial charge in [-0.2, -0.15) is 0 Å². The maximum absolute atomic E-state index is 2.47. The fraction of sp³-hybridized carbons (Fsp3) is 0. The average molecular weight is 626 g/mol. The van der Waals surface area contributed by atoms with Crippen LogP contribution in [-0.4, -0.2) is 0 Å². The zero-order chi connectivity index (χ0) is 31.3. The van der Waals surface area contributed by atoms with Crippen molar-refractivity contribution >= 4 is 113 Å². The maximum Gasteiger partial charge on any atom is 0.0546 e. The summed E-state index contributed by atoms with van der Waals surface area (Å²) in [6, 6.07) is 60.8. The lowest BCUT2D eigenvalue weighted by atomic mass is 9.90. The van der Waals surface area contributed by atoms with Crippen molar-refractivity contribution in [2.75, 3.05) is 4.90 Å².